The van der Waals surface area contributed by atoms with E-state index in [1.807, 2.05) is 19.3 Å². The molecular weight excluding hydrogens is 352 g/mol. The molecule has 3 heterocycles. The van der Waals surface area contributed by atoms with Crippen LogP contribution in [0, 0.1) is 0 Å². The third kappa shape index (κ3) is 4.44. The molecule has 1 saturated heterocycles. The number of benzene rings is 1. The van der Waals surface area contributed by atoms with Gasteiger partial charge >= 0.3 is 0 Å². The van der Waals surface area contributed by atoms with Crippen molar-refractivity contribution < 1.29 is 9.47 Å². The highest BCUT2D eigenvalue weighted by atomic mass is 16.5. The van der Waals surface area contributed by atoms with Crippen molar-refractivity contribution in [3.05, 3.63) is 47.8 Å². The van der Waals surface area contributed by atoms with Crippen LogP contribution in [0.3, 0.4) is 0 Å². The summed E-state index contributed by atoms with van der Waals surface area (Å²) in [6.07, 6.45) is 6.41. The van der Waals surface area contributed by atoms with Crippen molar-refractivity contribution in [3.63, 3.8) is 0 Å². The van der Waals surface area contributed by atoms with Crippen LogP contribution in [0.5, 0.6) is 11.5 Å². The van der Waals surface area contributed by atoms with E-state index >= 15 is 0 Å². The first-order valence-electron chi connectivity index (χ1n) is 10.0. The van der Waals surface area contributed by atoms with Crippen LogP contribution in [-0.2, 0) is 13.5 Å². The van der Waals surface area contributed by atoms with Gasteiger partial charge in [-0.05, 0) is 62.2 Å². The van der Waals surface area contributed by atoms with Gasteiger partial charge in [-0.2, -0.15) is 5.10 Å². The number of hydrogen-bond acceptors (Lipinski definition) is 5. The largest absolute Gasteiger partial charge is 0.493 e. The maximum absolute atomic E-state index is 6.05. The summed E-state index contributed by atoms with van der Waals surface area (Å²) in [5.74, 6) is 1.58. The molecular formula is C22H28N4O2. The van der Waals surface area contributed by atoms with Gasteiger partial charge in [0.15, 0.2) is 17.1 Å². The number of methoxy groups -OCH3 is 1. The Kier molecular flexibility index (Phi) is 5.76. The third-order valence-electron chi connectivity index (χ3n) is 5.23. The van der Waals surface area contributed by atoms with E-state index in [0.29, 0.717) is 6.61 Å². The number of nitrogens with zero attached hydrogens (tertiary/aromatic N) is 4. The van der Waals surface area contributed by atoms with E-state index in [4.69, 9.17) is 9.47 Å². The zero-order chi connectivity index (χ0) is 19.3. The van der Waals surface area contributed by atoms with E-state index in [1.165, 1.54) is 25.9 Å². The van der Waals surface area contributed by atoms with Gasteiger partial charge in [-0.15, -0.1) is 0 Å². The highest BCUT2D eigenvalue weighted by Gasteiger charge is 2.12. The molecule has 0 aliphatic carbocycles. The molecule has 0 atom stereocenters. The molecule has 0 saturated carbocycles. The molecule has 0 amide bonds. The summed E-state index contributed by atoms with van der Waals surface area (Å²) in [7, 11) is 3.60. The molecule has 1 aliphatic heterocycles. The smallest absolute Gasteiger partial charge is 0.181 e. The van der Waals surface area contributed by atoms with Crippen molar-refractivity contribution in [1.82, 2.24) is 19.7 Å². The number of likely N-dealkylation sites (tertiary alicyclic amines) is 1. The van der Waals surface area contributed by atoms with Crippen LogP contribution in [0.15, 0.2) is 36.5 Å². The summed E-state index contributed by atoms with van der Waals surface area (Å²) < 4.78 is 13.3. The second-order valence-electron chi connectivity index (χ2n) is 7.43. The number of fused-ring (bicyclic) bond motifs is 1. The van der Waals surface area contributed by atoms with Crippen LogP contribution < -0.4 is 9.47 Å². The first-order chi connectivity index (χ1) is 13.7. The highest BCUT2D eigenvalue weighted by molar-refractivity contribution is 5.73. The van der Waals surface area contributed by atoms with E-state index in [-0.39, 0.29) is 0 Å². The van der Waals surface area contributed by atoms with Crippen LogP contribution in [0.25, 0.3) is 11.0 Å². The maximum Gasteiger partial charge on any atom is 0.181 e. The molecule has 4 rings (SSSR count). The number of aromatic nitrogens is 3. The molecule has 148 valence electrons. The highest BCUT2D eigenvalue weighted by Crippen LogP contribution is 2.29. The Hall–Kier alpha value is -2.60. The average molecular weight is 380 g/mol. The average Bonchev–Trinajstić information content (AvgIpc) is 3.33. The minimum absolute atomic E-state index is 0.703. The quantitative estimate of drug-likeness (QED) is 0.561. The van der Waals surface area contributed by atoms with Crippen LogP contribution in [0.2, 0.25) is 0 Å². The molecule has 28 heavy (non-hydrogen) atoms. The summed E-state index contributed by atoms with van der Waals surface area (Å²) in [5, 5.41) is 5.46. The fourth-order valence-electron chi connectivity index (χ4n) is 3.79. The Labute approximate surface area is 166 Å². The van der Waals surface area contributed by atoms with Gasteiger partial charge in [0.2, 0.25) is 0 Å². The zero-order valence-corrected chi connectivity index (χ0v) is 16.7. The fourth-order valence-corrected chi connectivity index (χ4v) is 3.79. The number of aryl methyl sites for hydroxylation is 1. The number of pyridine rings is 1. The first kappa shape index (κ1) is 18.7. The van der Waals surface area contributed by atoms with Gasteiger partial charge in [-0.3, -0.25) is 4.68 Å². The van der Waals surface area contributed by atoms with E-state index in [2.05, 4.69) is 39.2 Å². The molecule has 0 spiro atoms. The maximum atomic E-state index is 6.05. The van der Waals surface area contributed by atoms with Gasteiger partial charge in [-0.25, -0.2) is 4.98 Å². The minimum atomic E-state index is 0.703. The minimum Gasteiger partial charge on any atom is -0.493 e. The molecule has 1 fully saturated rings. The fraction of sp³-hybridized carbons (Fsp3) is 0.455. The Morgan fingerprint density at radius 2 is 1.93 bits per heavy atom. The van der Waals surface area contributed by atoms with E-state index < -0.39 is 0 Å². The molecule has 0 bridgehead atoms. The lowest BCUT2D eigenvalue weighted by Crippen LogP contribution is -2.21. The van der Waals surface area contributed by atoms with Gasteiger partial charge in [0.05, 0.1) is 13.7 Å². The van der Waals surface area contributed by atoms with E-state index in [0.717, 1.165) is 53.2 Å². The number of ether oxygens (including phenoxy) is 2. The van der Waals surface area contributed by atoms with E-state index in [1.54, 1.807) is 11.8 Å². The Morgan fingerprint density at radius 1 is 1.07 bits per heavy atom. The van der Waals surface area contributed by atoms with Crippen LogP contribution in [0.1, 0.15) is 30.5 Å². The summed E-state index contributed by atoms with van der Waals surface area (Å²) in [5.41, 5.74) is 2.93. The second-order valence-corrected chi connectivity index (χ2v) is 7.43. The van der Waals surface area contributed by atoms with Crippen molar-refractivity contribution >= 4 is 11.0 Å². The SMILES string of the molecule is COc1ccc(Cc2ccc3cn(C)nc3n2)cc1OCCCN1CCCC1. The lowest BCUT2D eigenvalue weighted by molar-refractivity contribution is 0.254. The molecule has 3 aromatic rings. The van der Waals surface area contributed by atoms with Crippen molar-refractivity contribution in [1.29, 1.82) is 0 Å². The van der Waals surface area contributed by atoms with Gasteiger partial charge in [-0.1, -0.05) is 6.07 Å². The molecule has 2 aromatic heterocycles. The molecule has 6 heteroatoms. The summed E-state index contributed by atoms with van der Waals surface area (Å²) in [6, 6.07) is 10.2. The van der Waals surface area contributed by atoms with Crippen molar-refractivity contribution in [2.45, 2.75) is 25.7 Å². The van der Waals surface area contributed by atoms with Crippen LogP contribution in [-0.4, -0.2) is 53.0 Å². The zero-order valence-electron chi connectivity index (χ0n) is 16.7. The lowest BCUT2D eigenvalue weighted by atomic mass is 10.1. The lowest BCUT2D eigenvalue weighted by Gasteiger charge is -2.16. The molecule has 1 aromatic carbocycles. The van der Waals surface area contributed by atoms with Crippen molar-refractivity contribution in [2.75, 3.05) is 33.4 Å². The Morgan fingerprint density at radius 3 is 2.75 bits per heavy atom. The standard InChI is InChI=1S/C22H28N4O2/c1-25-16-18-7-8-19(23-22(18)24-25)14-17-6-9-20(27-2)21(15-17)28-13-5-12-26-10-3-4-11-26/h6-9,15-16H,3-5,10-14H2,1-2H3. The Bertz CT molecular complexity index is 931. The number of rotatable bonds is 8. The third-order valence-corrected chi connectivity index (χ3v) is 5.23. The van der Waals surface area contributed by atoms with Gasteiger partial charge < -0.3 is 14.4 Å². The monoisotopic (exact) mass is 380 g/mol. The van der Waals surface area contributed by atoms with Crippen LogP contribution in [0.4, 0.5) is 0 Å². The molecule has 1 aliphatic rings. The van der Waals surface area contributed by atoms with Gasteiger partial charge in [0.25, 0.3) is 0 Å². The summed E-state index contributed by atoms with van der Waals surface area (Å²) in [4.78, 5) is 7.18. The molecule has 0 unspecified atom stereocenters. The van der Waals surface area contributed by atoms with Crippen molar-refractivity contribution in [3.8, 4) is 11.5 Å². The van der Waals surface area contributed by atoms with Gasteiger partial charge in [0, 0.05) is 37.3 Å². The van der Waals surface area contributed by atoms with Gasteiger partial charge in [0.1, 0.15) is 0 Å². The first-order valence-corrected chi connectivity index (χ1v) is 10.0. The molecule has 0 N–H and O–H groups in total. The summed E-state index contributed by atoms with van der Waals surface area (Å²) >= 11 is 0. The molecule has 6 nitrogen and oxygen atoms in total. The Balaban J connectivity index is 1.41. The topological polar surface area (TPSA) is 52.4 Å². The second kappa shape index (κ2) is 8.61. The van der Waals surface area contributed by atoms with E-state index in [9.17, 15) is 0 Å². The van der Waals surface area contributed by atoms with Crippen LogP contribution >= 0.6 is 0 Å². The van der Waals surface area contributed by atoms with Crippen molar-refractivity contribution in [2.24, 2.45) is 7.05 Å². The molecule has 0 radical (unpaired) electrons. The predicted octanol–water partition coefficient (Wildman–Crippen LogP) is 3.43. The predicted molar refractivity (Wildman–Crippen MR) is 110 cm³/mol. The number of hydrogen-bond donors (Lipinski definition) is 0. The normalized spacial score (nSPS) is 14.6. The summed E-state index contributed by atoms with van der Waals surface area (Å²) in [6.45, 7) is 4.27.